The van der Waals surface area contributed by atoms with Crippen molar-refractivity contribution in [1.82, 2.24) is 0 Å². The molecule has 0 amide bonds. The second-order valence-electron chi connectivity index (χ2n) is 3.70. The summed E-state index contributed by atoms with van der Waals surface area (Å²) < 4.78 is 0. The molecule has 0 aliphatic carbocycles. The Morgan fingerprint density at radius 1 is 1.44 bits per heavy atom. The van der Waals surface area contributed by atoms with Crippen molar-refractivity contribution < 1.29 is 14.8 Å². The smallest absolute Gasteiger partial charge is 0.303 e. The molecule has 2 N–H and O–H groups in total. The average Bonchev–Trinajstić information content (AvgIpc) is 2.27. The van der Waals surface area contributed by atoms with Gasteiger partial charge in [0.15, 0.2) is 0 Å². The summed E-state index contributed by atoms with van der Waals surface area (Å²) >= 11 is 5.76. The standard InChI is InChI=1S/C11H13ClN2O4/c12-8-4-5-10(14(17)18)9(7-8)13-6-2-1-3-11(15)16/h4-5,7,13H,1-3,6H2,(H,15,16). The number of hydrogen-bond donors (Lipinski definition) is 2. The van der Waals surface area contributed by atoms with Crippen LogP contribution in [-0.2, 0) is 4.79 Å². The number of halogens is 1. The van der Waals surface area contributed by atoms with Crippen molar-refractivity contribution in [3.8, 4) is 0 Å². The van der Waals surface area contributed by atoms with Crippen LogP contribution in [0.25, 0.3) is 0 Å². The molecule has 1 aromatic rings. The number of rotatable bonds is 7. The SMILES string of the molecule is O=C(O)CCCCNc1cc(Cl)ccc1[N+](=O)[O-]. The number of benzene rings is 1. The number of carboxylic acid groups (broad SMARTS) is 1. The first-order valence-electron chi connectivity index (χ1n) is 5.40. The number of nitro benzene ring substituents is 1. The number of anilines is 1. The number of nitrogens with zero attached hydrogens (tertiary/aromatic N) is 1. The van der Waals surface area contributed by atoms with Gasteiger partial charge in [-0.2, -0.15) is 0 Å². The van der Waals surface area contributed by atoms with Crippen molar-refractivity contribution >= 4 is 28.9 Å². The van der Waals surface area contributed by atoms with Gasteiger partial charge < -0.3 is 10.4 Å². The van der Waals surface area contributed by atoms with Gasteiger partial charge >= 0.3 is 5.97 Å². The maximum Gasteiger partial charge on any atom is 0.303 e. The molecule has 0 aliphatic rings. The summed E-state index contributed by atoms with van der Waals surface area (Å²) in [6, 6.07) is 4.27. The largest absolute Gasteiger partial charge is 0.481 e. The Balaban J connectivity index is 2.53. The van der Waals surface area contributed by atoms with Crippen LogP contribution in [0.3, 0.4) is 0 Å². The van der Waals surface area contributed by atoms with Crippen molar-refractivity contribution in [3.05, 3.63) is 33.3 Å². The lowest BCUT2D eigenvalue weighted by Gasteiger charge is -2.06. The van der Waals surface area contributed by atoms with Crippen LogP contribution in [0.2, 0.25) is 5.02 Å². The van der Waals surface area contributed by atoms with E-state index in [1.807, 2.05) is 0 Å². The average molecular weight is 273 g/mol. The summed E-state index contributed by atoms with van der Waals surface area (Å²) in [6.45, 7) is 0.467. The maximum absolute atomic E-state index is 10.8. The third kappa shape index (κ3) is 4.58. The lowest BCUT2D eigenvalue weighted by molar-refractivity contribution is -0.384. The zero-order valence-corrected chi connectivity index (χ0v) is 10.3. The quantitative estimate of drug-likeness (QED) is 0.452. The molecule has 6 nitrogen and oxygen atoms in total. The van der Waals surface area contributed by atoms with E-state index in [1.54, 1.807) is 0 Å². The van der Waals surface area contributed by atoms with E-state index in [0.717, 1.165) is 0 Å². The van der Waals surface area contributed by atoms with Crippen LogP contribution in [0.1, 0.15) is 19.3 Å². The third-order valence-corrected chi connectivity index (χ3v) is 2.52. The number of hydrogen-bond acceptors (Lipinski definition) is 4. The molecule has 0 atom stereocenters. The van der Waals surface area contributed by atoms with Crippen LogP contribution < -0.4 is 5.32 Å². The first-order valence-corrected chi connectivity index (χ1v) is 5.78. The topological polar surface area (TPSA) is 92.5 Å². The van der Waals surface area contributed by atoms with Gasteiger partial charge in [0.2, 0.25) is 0 Å². The maximum atomic E-state index is 10.8. The fourth-order valence-corrected chi connectivity index (χ4v) is 1.61. The number of aliphatic carboxylic acids is 1. The predicted octanol–water partition coefficient (Wildman–Crippen LogP) is 2.92. The molecule has 0 saturated heterocycles. The zero-order valence-electron chi connectivity index (χ0n) is 9.56. The van der Waals surface area contributed by atoms with Gasteiger partial charge in [0.1, 0.15) is 5.69 Å². The molecule has 0 aliphatic heterocycles. The summed E-state index contributed by atoms with van der Waals surface area (Å²) in [5, 5.41) is 22.5. The first kappa shape index (κ1) is 14.2. The number of unbranched alkanes of at least 4 members (excludes halogenated alkanes) is 1. The van der Waals surface area contributed by atoms with Crippen molar-refractivity contribution in [2.45, 2.75) is 19.3 Å². The molecule has 0 fully saturated rings. The van der Waals surface area contributed by atoms with Gasteiger partial charge in [0.25, 0.3) is 5.69 Å². The molecule has 0 radical (unpaired) electrons. The van der Waals surface area contributed by atoms with Gasteiger partial charge in [0, 0.05) is 24.1 Å². The highest BCUT2D eigenvalue weighted by atomic mass is 35.5. The van der Waals surface area contributed by atoms with E-state index < -0.39 is 10.9 Å². The molecule has 1 rings (SSSR count). The summed E-state index contributed by atoms with van der Waals surface area (Å²) in [7, 11) is 0. The Hall–Kier alpha value is -1.82. The fourth-order valence-electron chi connectivity index (χ4n) is 1.43. The van der Waals surface area contributed by atoms with Crippen molar-refractivity contribution in [1.29, 1.82) is 0 Å². The van der Waals surface area contributed by atoms with E-state index in [4.69, 9.17) is 16.7 Å². The number of carboxylic acids is 1. The van der Waals surface area contributed by atoms with E-state index in [0.29, 0.717) is 30.1 Å². The predicted molar refractivity (Wildman–Crippen MR) is 68.1 cm³/mol. The fraction of sp³-hybridized carbons (Fsp3) is 0.364. The lowest BCUT2D eigenvalue weighted by atomic mass is 10.2. The van der Waals surface area contributed by atoms with E-state index in [2.05, 4.69) is 5.32 Å². The Bertz CT molecular complexity index is 451. The van der Waals surface area contributed by atoms with Crippen LogP contribution in [-0.4, -0.2) is 22.5 Å². The molecule has 0 bridgehead atoms. The Kier molecular flexibility index (Phi) is 5.38. The highest BCUT2D eigenvalue weighted by molar-refractivity contribution is 6.31. The van der Waals surface area contributed by atoms with Crippen molar-refractivity contribution in [2.75, 3.05) is 11.9 Å². The van der Waals surface area contributed by atoms with Crippen LogP contribution in [0, 0.1) is 10.1 Å². The second kappa shape index (κ2) is 6.80. The van der Waals surface area contributed by atoms with E-state index >= 15 is 0 Å². The van der Waals surface area contributed by atoms with Crippen molar-refractivity contribution in [3.63, 3.8) is 0 Å². The van der Waals surface area contributed by atoms with Crippen molar-refractivity contribution in [2.24, 2.45) is 0 Å². The second-order valence-corrected chi connectivity index (χ2v) is 4.13. The minimum absolute atomic E-state index is 0.0439. The lowest BCUT2D eigenvalue weighted by Crippen LogP contribution is -2.05. The number of nitro groups is 1. The molecule has 0 saturated carbocycles. The van der Waals surface area contributed by atoms with Crippen LogP contribution >= 0.6 is 11.6 Å². The van der Waals surface area contributed by atoms with Crippen LogP contribution in [0.4, 0.5) is 11.4 Å². The van der Waals surface area contributed by atoms with Gasteiger partial charge in [-0.15, -0.1) is 0 Å². The van der Waals surface area contributed by atoms with Gasteiger partial charge in [0.05, 0.1) is 4.92 Å². The minimum atomic E-state index is -0.844. The molecule has 0 spiro atoms. The van der Waals surface area contributed by atoms with Crippen LogP contribution in [0.15, 0.2) is 18.2 Å². The van der Waals surface area contributed by atoms with Gasteiger partial charge in [-0.05, 0) is 25.0 Å². The van der Waals surface area contributed by atoms with Gasteiger partial charge in [-0.3, -0.25) is 14.9 Å². The molecular weight excluding hydrogens is 260 g/mol. The van der Waals surface area contributed by atoms with Crippen LogP contribution in [0.5, 0.6) is 0 Å². The van der Waals surface area contributed by atoms with Gasteiger partial charge in [-0.1, -0.05) is 11.6 Å². The summed E-state index contributed by atoms with van der Waals surface area (Å²) in [4.78, 5) is 20.6. The van der Waals surface area contributed by atoms with E-state index in [9.17, 15) is 14.9 Å². The molecular formula is C11H13ClN2O4. The van der Waals surface area contributed by atoms with Gasteiger partial charge in [-0.25, -0.2) is 0 Å². The first-order chi connectivity index (χ1) is 8.50. The monoisotopic (exact) mass is 272 g/mol. The molecule has 0 unspecified atom stereocenters. The molecule has 0 aromatic heterocycles. The highest BCUT2D eigenvalue weighted by Crippen LogP contribution is 2.27. The molecule has 18 heavy (non-hydrogen) atoms. The minimum Gasteiger partial charge on any atom is -0.481 e. The summed E-state index contributed by atoms with van der Waals surface area (Å²) in [5.41, 5.74) is 0.306. The zero-order chi connectivity index (χ0) is 13.5. The Labute approximate surface area is 109 Å². The third-order valence-electron chi connectivity index (χ3n) is 2.29. The molecule has 98 valence electrons. The molecule has 0 heterocycles. The Morgan fingerprint density at radius 2 is 2.17 bits per heavy atom. The number of carbonyl (C=O) groups is 1. The summed E-state index contributed by atoms with van der Waals surface area (Å²) in [5.74, 6) is -0.844. The van der Waals surface area contributed by atoms with E-state index in [1.165, 1.54) is 18.2 Å². The molecule has 7 heteroatoms. The normalized spacial score (nSPS) is 10.1. The Morgan fingerprint density at radius 3 is 2.78 bits per heavy atom. The summed E-state index contributed by atoms with van der Waals surface area (Å²) in [6.07, 6.45) is 1.24. The highest BCUT2D eigenvalue weighted by Gasteiger charge is 2.13. The molecule has 1 aromatic carbocycles. The van der Waals surface area contributed by atoms with E-state index in [-0.39, 0.29) is 12.1 Å². The number of nitrogens with one attached hydrogen (secondary N) is 1.